The monoisotopic (exact) mass is 365 g/mol. The van der Waals surface area contributed by atoms with E-state index < -0.39 is 0 Å². The van der Waals surface area contributed by atoms with Gasteiger partial charge >= 0.3 is 0 Å². The molecular formula is C20H19N3O4. The molecule has 1 atom stereocenters. The van der Waals surface area contributed by atoms with Crippen molar-refractivity contribution in [3.63, 3.8) is 0 Å². The highest BCUT2D eigenvalue weighted by Gasteiger charge is 2.31. The molecule has 2 aromatic carbocycles. The molecule has 0 aliphatic carbocycles. The number of imidazole rings is 1. The number of hydrogen-bond donors (Lipinski definition) is 2. The van der Waals surface area contributed by atoms with Gasteiger partial charge in [0.25, 0.3) is 0 Å². The number of fused-ring (bicyclic) bond motifs is 1. The molecule has 2 heterocycles. The van der Waals surface area contributed by atoms with E-state index in [0.717, 1.165) is 16.9 Å². The fourth-order valence-corrected chi connectivity index (χ4v) is 3.36. The Morgan fingerprint density at radius 3 is 2.78 bits per heavy atom. The van der Waals surface area contributed by atoms with Crippen molar-refractivity contribution in [2.24, 2.45) is 0 Å². The minimum Gasteiger partial charge on any atom is -0.504 e. The van der Waals surface area contributed by atoms with E-state index in [-0.39, 0.29) is 24.0 Å². The first-order valence-electron chi connectivity index (χ1n) is 8.49. The van der Waals surface area contributed by atoms with Gasteiger partial charge in [0.2, 0.25) is 5.91 Å². The molecule has 0 saturated heterocycles. The zero-order valence-corrected chi connectivity index (χ0v) is 15.0. The Bertz CT molecular complexity index is 1010. The maximum absolute atomic E-state index is 12.4. The summed E-state index contributed by atoms with van der Waals surface area (Å²) in [4.78, 5) is 16.9. The molecule has 7 nitrogen and oxygen atoms in total. The quantitative estimate of drug-likeness (QED) is 0.742. The third kappa shape index (κ3) is 2.97. The standard InChI is InChI=1S/C20H19N3O4/c1-26-14-5-3-4-13(9-14)23-11-21-19-15(10-18(25)22-20(19)23)12-6-7-17(27-2)16(24)8-12/h3-9,11,15,24H,10H2,1-2H3,(H,22,25)/t15-/m0/s1. The van der Waals surface area contributed by atoms with Gasteiger partial charge in [-0.25, -0.2) is 4.98 Å². The van der Waals surface area contributed by atoms with E-state index >= 15 is 0 Å². The fourth-order valence-electron chi connectivity index (χ4n) is 3.36. The first-order chi connectivity index (χ1) is 13.1. The second kappa shape index (κ2) is 6.68. The number of ether oxygens (including phenoxy) is 2. The summed E-state index contributed by atoms with van der Waals surface area (Å²) in [7, 11) is 3.10. The summed E-state index contributed by atoms with van der Waals surface area (Å²) in [6.45, 7) is 0. The van der Waals surface area contributed by atoms with Crippen LogP contribution in [-0.2, 0) is 4.79 Å². The van der Waals surface area contributed by atoms with Crippen molar-refractivity contribution in [2.45, 2.75) is 12.3 Å². The SMILES string of the molecule is COc1cccc(-n2cnc3c2NC(=O)C[C@H]3c2ccc(OC)c(O)c2)c1. The van der Waals surface area contributed by atoms with Crippen LogP contribution in [0.15, 0.2) is 48.8 Å². The Hall–Kier alpha value is -3.48. The maximum Gasteiger partial charge on any atom is 0.226 e. The Morgan fingerprint density at radius 1 is 1.19 bits per heavy atom. The Kier molecular flexibility index (Phi) is 4.19. The van der Waals surface area contributed by atoms with Crippen molar-refractivity contribution in [1.82, 2.24) is 9.55 Å². The van der Waals surface area contributed by atoms with Gasteiger partial charge in [0.15, 0.2) is 11.5 Å². The molecule has 0 unspecified atom stereocenters. The number of rotatable bonds is 4. The average Bonchev–Trinajstić information content (AvgIpc) is 3.11. The van der Waals surface area contributed by atoms with E-state index in [1.807, 2.05) is 34.9 Å². The normalized spacial score (nSPS) is 15.8. The van der Waals surface area contributed by atoms with Crippen molar-refractivity contribution >= 4 is 11.7 Å². The lowest BCUT2D eigenvalue weighted by atomic mass is 9.89. The number of carbonyl (C=O) groups is 1. The van der Waals surface area contributed by atoms with Crippen LogP contribution in [0.25, 0.3) is 5.69 Å². The van der Waals surface area contributed by atoms with Gasteiger partial charge in [-0.2, -0.15) is 0 Å². The number of benzene rings is 2. The summed E-state index contributed by atoms with van der Waals surface area (Å²) >= 11 is 0. The molecule has 4 rings (SSSR count). The number of carbonyl (C=O) groups excluding carboxylic acids is 1. The summed E-state index contributed by atoms with van der Waals surface area (Å²) in [5.74, 6) is 1.41. The molecule has 1 aromatic heterocycles. The zero-order valence-electron chi connectivity index (χ0n) is 15.0. The summed E-state index contributed by atoms with van der Waals surface area (Å²) in [6, 6.07) is 12.7. The molecule has 27 heavy (non-hydrogen) atoms. The van der Waals surface area contributed by atoms with Crippen LogP contribution in [0.4, 0.5) is 5.82 Å². The number of nitrogens with one attached hydrogen (secondary N) is 1. The summed E-state index contributed by atoms with van der Waals surface area (Å²) in [5, 5.41) is 13.0. The molecule has 7 heteroatoms. The number of aromatic hydroxyl groups is 1. The Labute approximate surface area is 156 Å². The van der Waals surface area contributed by atoms with Gasteiger partial charge in [-0.3, -0.25) is 9.36 Å². The van der Waals surface area contributed by atoms with E-state index in [1.165, 1.54) is 7.11 Å². The van der Waals surface area contributed by atoms with Gasteiger partial charge in [-0.1, -0.05) is 12.1 Å². The highest BCUT2D eigenvalue weighted by atomic mass is 16.5. The topological polar surface area (TPSA) is 85.6 Å². The highest BCUT2D eigenvalue weighted by Crippen LogP contribution is 2.40. The number of hydrogen-bond acceptors (Lipinski definition) is 5. The molecular weight excluding hydrogens is 346 g/mol. The minimum absolute atomic E-state index is 0.0368. The second-order valence-corrected chi connectivity index (χ2v) is 6.29. The smallest absolute Gasteiger partial charge is 0.226 e. The van der Waals surface area contributed by atoms with E-state index in [0.29, 0.717) is 17.3 Å². The van der Waals surface area contributed by atoms with Crippen LogP contribution in [0.5, 0.6) is 17.2 Å². The van der Waals surface area contributed by atoms with Crippen molar-refractivity contribution < 1.29 is 19.4 Å². The lowest BCUT2D eigenvalue weighted by Crippen LogP contribution is -2.24. The van der Waals surface area contributed by atoms with Gasteiger partial charge in [-0.05, 0) is 29.8 Å². The number of aromatic nitrogens is 2. The van der Waals surface area contributed by atoms with E-state index in [2.05, 4.69) is 10.3 Å². The largest absolute Gasteiger partial charge is 0.504 e. The number of amides is 1. The average molecular weight is 365 g/mol. The third-order valence-corrected chi connectivity index (χ3v) is 4.71. The van der Waals surface area contributed by atoms with Gasteiger partial charge in [0, 0.05) is 18.4 Å². The number of anilines is 1. The van der Waals surface area contributed by atoms with Crippen LogP contribution in [-0.4, -0.2) is 34.8 Å². The third-order valence-electron chi connectivity index (χ3n) is 4.71. The summed E-state index contributed by atoms with van der Waals surface area (Å²) < 4.78 is 12.2. The van der Waals surface area contributed by atoms with Crippen LogP contribution in [0, 0.1) is 0 Å². The number of phenolic OH excluding ortho intramolecular Hbond substituents is 1. The van der Waals surface area contributed by atoms with Gasteiger partial charge in [-0.15, -0.1) is 0 Å². The maximum atomic E-state index is 12.4. The van der Waals surface area contributed by atoms with Crippen LogP contribution >= 0.6 is 0 Å². The van der Waals surface area contributed by atoms with E-state index in [4.69, 9.17) is 9.47 Å². The molecule has 138 valence electrons. The van der Waals surface area contributed by atoms with Crippen LogP contribution in [0.2, 0.25) is 0 Å². The molecule has 0 fully saturated rings. The summed E-state index contributed by atoms with van der Waals surface area (Å²) in [6.07, 6.45) is 1.94. The molecule has 1 amide bonds. The van der Waals surface area contributed by atoms with Crippen LogP contribution < -0.4 is 14.8 Å². The highest BCUT2D eigenvalue weighted by molar-refractivity contribution is 5.94. The number of methoxy groups -OCH3 is 2. The number of nitrogens with zero attached hydrogens (tertiary/aromatic N) is 2. The Balaban J connectivity index is 1.78. The minimum atomic E-state index is -0.252. The lowest BCUT2D eigenvalue weighted by molar-refractivity contribution is -0.116. The zero-order chi connectivity index (χ0) is 19.0. The number of phenols is 1. The van der Waals surface area contributed by atoms with Gasteiger partial charge in [0.05, 0.1) is 25.6 Å². The summed E-state index contributed by atoms with van der Waals surface area (Å²) in [5.41, 5.74) is 2.39. The Morgan fingerprint density at radius 2 is 2.04 bits per heavy atom. The molecule has 3 aromatic rings. The van der Waals surface area contributed by atoms with Crippen LogP contribution in [0.3, 0.4) is 0 Å². The molecule has 0 saturated carbocycles. The van der Waals surface area contributed by atoms with Crippen molar-refractivity contribution in [3.05, 3.63) is 60.0 Å². The lowest BCUT2D eigenvalue weighted by Gasteiger charge is -2.23. The molecule has 0 spiro atoms. The first-order valence-corrected chi connectivity index (χ1v) is 8.49. The van der Waals surface area contributed by atoms with Crippen LogP contribution in [0.1, 0.15) is 23.6 Å². The fraction of sp³-hybridized carbons (Fsp3) is 0.200. The second-order valence-electron chi connectivity index (χ2n) is 6.29. The van der Waals surface area contributed by atoms with E-state index in [9.17, 15) is 9.90 Å². The predicted octanol–water partition coefficient (Wildman–Crippen LogP) is 3.07. The molecule has 0 radical (unpaired) electrons. The molecule has 1 aliphatic rings. The molecule has 2 N–H and O–H groups in total. The first kappa shape index (κ1) is 17.0. The molecule has 0 bridgehead atoms. The van der Waals surface area contributed by atoms with Crippen molar-refractivity contribution in [1.29, 1.82) is 0 Å². The van der Waals surface area contributed by atoms with Gasteiger partial charge < -0.3 is 19.9 Å². The van der Waals surface area contributed by atoms with Gasteiger partial charge in [0.1, 0.15) is 17.9 Å². The van der Waals surface area contributed by atoms with Crippen molar-refractivity contribution in [2.75, 3.05) is 19.5 Å². The van der Waals surface area contributed by atoms with Crippen molar-refractivity contribution in [3.8, 4) is 22.9 Å². The predicted molar refractivity (Wildman–Crippen MR) is 99.9 cm³/mol. The van der Waals surface area contributed by atoms with E-state index in [1.54, 1.807) is 25.6 Å². The molecule has 1 aliphatic heterocycles.